The van der Waals surface area contributed by atoms with Crippen molar-refractivity contribution in [2.75, 3.05) is 0 Å². The molecule has 0 N–H and O–H groups in total. The number of hydrogen-bond acceptors (Lipinski definition) is 2. The monoisotopic (exact) mass is 248 g/mol. The fourth-order valence-corrected chi connectivity index (χ4v) is 1.99. The molecule has 1 aromatic rings. The molecule has 0 fully saturated rings. The van der Waals surface area contributed by atoms with E-state index in [2.05, 4.69) is 59.7 Å². The first-order valence-electron chi connectivity index (χ1n) is 6.35. The van der Waals surface area contributed by atoms with Gasteiger partial charge in [-0.2, -0.15) is 0 Å². The summed E-state index contributed by atoms with van der Waals surface area (Å²) in [6, 6.07) is 6.44. The van der Waals surface area contributed by atoms with Gasteiger partial charge in [-0.05, 0) is 27.5 Å². The minimum Gasteiger partial charge on any atom is -0.463 e. The van der Waals surface area contributed by atoms with Gasteiger partial charge in [0.1, 0.15) is 6.61 Å². The van der Waals surface area contributed by atoms with E-state index in [0.29, 0.717) is 13.1 Å². The van der Waals surface area contributed by atoms with E-state index in [-0.39, 0.29) is 10.8 Å². The van der Waals surface area contributed by atoms with Gasteiger partial charge in [-0.3, -0.25) is 4.79 Å². The molecule has 0 amide bonds. The van der Waals surface area contributed by atoms with Crippen LogP contribution in [-0.4, -0.2) is 6.47 Å². The number of carbonyl (C=O) groups is 1. The van der Waals surface area contributed by atoms with E-state index in [9.17, 15) is 4.79 Å². The molecule has 2 nitrogen and oxygen atoms in total. The summed E-state index contributed by atoms with van der Waals surface area (Å²) in [6.07, 6.45) is 0. The maximum Gasteiger partial charge on any atom is 0.293 e. The van der Waals surface area contributed by atoms with Gasteiger partial charge in [0.05, 0.1) is 0 Å². The fourth-order valence-electron chi connectivity index (χ4n) is 1.99. The number of ether oxygens (including phenoxy) is 1. The van der Waals surface area contributed by atoms with Crippen LogP contribution < -0.4 is 0 Å². The molecule has 0 radical (unpaired) electrons. The first-order valence-corrected chi connectivity index (χ1v) is 6.35. The molecular formula is C16H24O2. The van der Waals surface area contributed by atoms with Gasteiger partial charge in [0.15, 0.2) is 0 Å². The summed E-state index contributed by atoms with van der Waals surface area (Å²) in [5, 5.41) is 0. The Morgan fingerprint density at radius 1 is 1.06 bits per heavy atom. The predicted molar refractivity (Wildman–Crippen MR) is 74.7 cm³/mol. The van der Waals surface area contributed by atoms with Crippen LogP contribution in [0.5, 0.6) is 0 Å². The van der Waals surface area contributed by atoms with E-state index < -0.39 is 0 Å². The van der Waals surface area contributed by atoms with Gasteiger partial charge in [0.25, 0.3) is 6.47 Å². The molecule has 0 spiro atoms. The van der Waals surface area contributed by atoms with Gasteiger partial charge >= 0.3 is 0 Å². The topological polar surface area (TPSA) is 26.3 Å². The Kier molecular flexibility index (Phi) is 4.20. The Labute approximate surface area is 110 Å². The highest BCUT2D eigenvalue weighted by atomic mass is 16.5. The molecule has 0 aliphatic carbocycles. The van der Waals surface area contributed by atoms with Crippen molar-refractivity contribution in [1.82, 2.24) is 0 Å². The normalized spacial score (nSPS) is 12.3. The summed E-state index contributed by atoms with van der Waals surface area (Å²) in [6.45, 7) is 14.0. The van der Waals surface area contributed by atoms with Crippen molar-refractivity contribution in [2.45, 2.75) is 59.0 Å². The molecule has 1 rings (SSSR count). The van der Waals surface area contributed by atoms with Crippen molar-refractivity contribution >= 4 is 6.47 Å². The van der Waals surface area contributed by atoms with Gasteiger partial charge in [-0.1, -0.05) is 59.7 Å². The zero-order chi connectivity index (χ0) is 14.0. The van der Waals surface area contributed by atoms with Gasteiger partial charge in [-0.15, -0.1) is 0 Å². The molecule has 0 unspecified atom stereocenters. The molecule has 1 aromatic carbocycles. The smallest absolute Gasteiger partial charge is 0.293 e. The average Bonchev–Trinajstić information content (AvgIpc) is 2.23. The van der Waals surface area contributed by atoms with Crippen LogP contribution in [0.3, 0.4) is 0 Å². The summed E-state index contributed by atoms with van der Waals surface area (Å²) in [4.78, 5) is 10.3. The third-order valence-corrected chi connectivity index (χ3v) is 3.09. The predicted octanol–water partition coefficient (Wildman–Crippen LogP) is 3.95. The first kappa shape index (κ1) is 14.7. The molecule has 0 heterocycles. The molecule has 0 saturated heterocycles. The van der Waals surface area contributed by atoms with E-state index >= 15 is 0 Å². The second kappa shape index (κ2) is 5.13. The second-order valence-electron chi connectivity index (χ2n) is 6.78. The summed E-state index contributed by atoms with van der Waals surface area (Å²) >= 11 is 0. The highest BCUT2D eigenvalue weighted by Gasteiger charge is 2.22. The Balaban J connectivity index is 3.25. The molecule has 0 aromatic heterocycles. The van der Waals surface area contributed by atoms with Gasteiger partial charge in [0.2, 0.25) is 0 Å². The van der Waals surface area contributed by atoms with E-state index in [1.54, 1.807) is 0 Å². The van der Waals surface area contributed by atoms with Crippen LogP contribution in [0, 0.1) is 0 Å². The van der Waals surface area contributed by atoms with E-state index in [1.165, 1.54) is 11.1 Å². The van der Waals surface area contributed by atoms with Crippen LogP contribution in [0.25, 0.3) is 0 Å². The van der Waals surface area contributed by atoms with Crippen LogP contribution >= 0.6 is 0 Å². The lowest BCUT2D eigenvalue weighted by atomic mass is 9.78. The summed E-state index contributed by atoms with van der Waals surface area (Å²) in [5.74, 6) is 0. The molecule has 18 heavy (non-hydrogen) atoms. The van der Waals surface area contributed by atoms with Crippen LogP contribution in [0.15, 0.2) is 18.2 Å². The van der Waals surface area contributed by atoms with Crippen molar-refractivity contribution in [3.63, 3.8) is 0 Å². The zero-order valence-corrected chi connectivity index (χ0v) is 12.3. The highest BCUT2D eigenvalue weighted by molar-refractivity contribution is 5.41. The van der Waals surface area contributed by atoms with Crippen molar-refractivity contribution in [1.29, 1.82) is 0 Å². The fraction of sp³-hybridized carbons (Fsp3) is 0.562. The van der Waals surface area contributed by atoms with Gasteiger partial charge in [0, 0.05) is 0 Å². The quantitative estimate of drug-likeness (QED) is 0.757. The molecule has 100 valence electrons. The minimum atomic E-state index is 0.0445. The second-order valence-corrected chi connectivity index (χ2v) is 6.78. The van der Waals surface area contributed by atoms with E-state index in [1.807, 2.05) is 0 Å². The average molecular weight is 248 g/mol. The van der Waals surface area contributed by atoms with Crippen molar-refractivity contribution in [3.05, 3.63) is 34.9 Å². The highest BCUT2D eigenvalue weighted by Crippen LogP contribution is 2.31. The number of benzene rings is 1. The number of hydrogen-bond donors (Lipinski definition) is 0. The Morgan fingerprint density at radius 3 is 2.11 bits per heavy atom. The Morgan fingerprint density at radius 2 is 1.67 bits per heavy atom. The van der Waals surface area contributed by atoms with Crippen molar-refractivity contribution in [2.24, 2.45) is 0 Å². The lowest BCUT2D eigenvalue weighted by molar-refractivity contribution is -0.129. The summed E-state index contributed by atoms with van der Waals surface area (Å²) < 4.78 is 4.90. The van der Waals surface area contributed by atoms with E-state index in [0.717, 1.165) is 5.56 Å². The van der Waals surface area contributed by atoms with Gasteiger partial charge in [-0.25, -0.2) is 0 Å². The van der Waals surface area contributed by atoms with Crippen LogP contribution in [0.4, 0.5) is 0 Å². The third-order valence-electron chi connectivity index (χ3n) is 3.09. The molecule has 0 saturated carbocycles. The SMILES string of the molecule is CC(C)(C)c1ccc(COC=O)c(C(C)(C)C)c1. The number of carbonyl (C=O) groups excluding carboxylic acids is 1. The molecular weight excluding hydrogens is 224 g/mol. The van der Waals surface area contributed by atoms with Crippen molar-refractivity contribution in [3.8, 4) is 0 Å². The van der Waals surface area contributed by atoms with Crippen LogP contribution in [0.2, 0.25) is 0 Å². The van der Waals surface area contributed by atoms with Gasteiger partial charge < -0.3 is 4.74 Å². The Bertz CT molecular complexity index is 420. The Hall–Kier alpha value is -1.31. The standard InChI is InChI=1S/C16H24O2/c1-15(2,3)13-8-7-12(10-18-11-17)14(9-13)16(4,5)6/h7-9,11H,10H2,1-6H3. The molecule has 2 heteroatoms. The molecule has 0 bridgehead atoms. The summed E-state index contributed by atoms with van der Waals surface area (Å²) in [5.41, 5.74) is 3.81. The maximum absolute atomic E-state index is 10.3. The molecule has 0 atom stereocenters. The lowest BCUT2D eigenvalue weighted by Gasteiger charge is -2.27. The lowest BCUT2D eigenvalue weighted by Crippen LogP contribution is -2.18. The van der Waals surface area contributed by atoms with E-state index in [4.69, 9.17) is 4.74 Å². The largest absolute Gasteiger partial charge is 0.463 e. The molecule has 0 aliphatic rings. The maximum atomic E-state index is 10.3. The van der Waals surface area contributed by atoms with Crippen molar-refractivity contribution < 1.29 is 9.53 Å². The minimum absolute atomic E-state index is 0.0445. The summed E-state index contributed by atoms with van der Waals surface area (Å²) in [7, 11) is 0. The van der Waals surface area contributed by atoms with Crippen LogP contribution in [-0.2, 0) is 27.0 Å². The third kappa shape index (κ3) is 3.59. The first-order chi connectivity index (χ1) is 8.16. The number of rotatable bonds is 3. The molecule has 0 aliphatic heterocycles. The zero-order valence-electron chi connectivity index (χ0n) is 12.3. The van der Waals surface area contributed by atoms with Crippen LogP contribution in [0.1, 0.15) is 58.2 Å².